The van der Waals surface area contributed by atoms with Crippen LogP contribution in [0.15, 0.2) is 5.16 Å². The van der Waals surface area contributed by atoms with Crippen LogP contribution in [0.3, 0.4) is 0 Å². The smallest absolute Gasteiger partial charge is 0.316 e. The fourth-order valence-corrected chi connectivity index (χ4v) is 3.75. The average molecular weight is 351 g/mol. The van der Waals surface area contributed by atoms with Gasteiger partial charge in [-0.1, -0.05) is 11.8 Å². The third kappa shape index (κ3) is 4.28. The average Bonchev–Trinajstić information content (AvgIpc) is 2.63. The van der Waals surface area contributed by atoms with Crippen molar-refractivity contribution in [3.8, 4) is 0 Å². The number of piperidine rings is 2. The number of aliphatic carboxylic acids is 1. The number of hydrogen-bond donors (Lipinski definition) is 1. The molecule has 1 atom stereocenters. The highest BCUT2D eigenvalue weighted by atomic mass is 32.2. The normalized spacial score (nSPS) is 20.0. The zero-order chi connectivity index (χ0) is 16.9. The number of carboxylic acid groups (broad SMARTS) is 1. The van der Waals surface area contributed by atoms with Crippen LogP contribution >= 0.6 is 11.8 Å². The third-order valence-corrected chi connectivity index (χ3v) is 5.45. The molecule has 0 aromatic carbocycles. The quantitative estimate of drug-likeness (QED) is 0.810. The fraction of sp³-hybridized carbons (Fsp3) is 0.750. The summed E-state index contributed by atoms with van der Waals surface area (Å²) in [6, 6.07) is 0. The Labute approximate surface area is 146 Å². The van der Waals surface area contributed by atoms with Gasteiger partial charge in [0.2, 0.25) is 11.9 Å². The van der Waals surface area contributed by atoms with Gasteiger partial charge in [0, 0.05) is 26.2 Å². The molecule has 0 saturated carbocycles. The highest BCUT2D eigenvalue weighted by Crippen LogP contribution is 2.26. The van der Waals surface area contributed by atoms with E-state index in [0.29, 0.717) is 17.1 Å². The van der Waals surface area contributed by atoms with E-state index in [-0.39, 0.29) is 0 Å². The van der Waals surface area contributed by atoms with Gasteiger partial charge < -0.3 is 14.9 Å². The van der Waals surface area contributed by atoms with Gasteiger partial charge in [-0.15, -0.1) is 0 Å². The van der Waals surface area contributed by atoms with Crippen LogP contribution < -0.4 is 9.80 Å². The molecule has 2 aliphatic heterocycles. The van der Waals surface area contributed by atoms with Crippen LogP contribution in [0.2, 0.25) is 0 Å². The third-order valence-electron chi connectivity index (χ3n) is 4.50. The summed E-state index contributed by atoms with van der Waals surface area (Å²) in [5, 5.41) is 9.11. The Morgan fingerprint density at radius 1 is 0.917 bits per heavy atom. The van der Waals surface area contributed by atoms with Gasteiger partial charge in [0.25, 0.3) is 0 Å². The molecule has 0 bridgehead atoms. The molecule has 2 aliphatic rings. The monoisotopic (exact) mass is 351 g/mol. The van der Waals surface area contributed by atoms with E-state index in [1.54, 1.807) is 6.92 Å². The molecule has 8 heteroatoms. The number of anilines is 2. The molecule has 0 radical (unpaired) electrons. The van der Waals surface area contributed by atoms with E-state index in [0.717, 1.165) is 51.9 Å². The van der Waals surface area contributed by atoms with Crippen LogP contribution in [0, 0.1) is 0 Å². The Morgan fingerprint density at radius 2 is 1.38 bits per heavy atom. The predicted octanol–water partition coefficient (Wildman–Crippen LogP) is 2.42. The maximum absolute atomic E-state index is 11.2. The first-order chi connectivity index (χ1) is 11.6. The molecule has 1 aromatic heterocycles. The van der Waals surface area contributed by atoms with Crippen LogP contribution in [-0.4, -0.2) is 57.5 Å². The molecule has 7 nitrogen and oxygen atoms in total. The van der Waals surface area contributed by atoms with Crippen molar-refractivity contribution in [1.29, 1.82) is 0 Å². The second-order valence-electron chi connectivity index (χ2n) is 6.41. The molecular formula is C16H25N5O2S. The summed E-state index contributed by atoms with van der Waals surface area (Å²) in [7, 11) is 0. The molecular weight excluding hydrogens is 326 g/mol. The van der Waals surface area contributed by atoms with Gasteiger partial charge >= 0.3 is 5.97 Å². The maximum Gasteiger partial charge on any atom is 0.316 e. The number of carbonyl (C=O) groups is 1. The van der Waals surface area contributed by atoms with Crippen LogP contribution in [0.1, 0.15) is 45.4 Å². The van der Waals surface area contributed by atoms with Crippen molar-refractivity contribution in [1.82, 2.24) is 15.0 Å². The largest absolute Gasteiger partial charge is 0.480 e. The van der Waals surface area contributed by atoms with Gasteiger partial charge in [0.1, 0.15) is 5.25 Å². The molecule has 3 rings (SSSR count). The molecule has 1 unspecified atom stereocenters. The summed E-state index contributed by atoms with van der Waals surface area (Å²) < 4.78 is 0. The second-order valence-corrected chi connectivity index (χ2v) is 7.72. The lowest BCUT2D eigenvalue weighted by atomic mass is 10.1. The number of thioether (sulfide) groups is 1. The number of aromatic nitrogens is 3. The van der Waals surface area contributed by atoms with E-state index in [1.807, 2.05) is 0 Å². The Hall–Kier alpha value is -1.57. The zero-order valence-electron chi connectivity index (χ0n) is 14.1. The summed E-state index contributed by atoms with van der Waals surface area (Å²) in [6.45, 7) is 5.51. The van der Waals surface area contributed by atoms with E-state index in [9.17, 15) is 4.79 Å². The minimum atomic E-state index is -0.848. The van der Waals surface area contributed by atoms with Gasteiger partial charge in [-0.25, -0.2) is 0 Å². The maximum atomic E-state index is 11.2. The Balaban J connectivity index is 1.87. The van der Waals surface area contributed by atoms with Crippen LogP contribution in [0.25, 0.3) is 0 Å². The van der Waals surface area contributed by atoms with Crippen molar-refractivity contribution in [2.45, 2.75) is 55.9 Å². The Bertz CT molecular complexity index is 537. The predicted molar refractivity (Wildman–Crippen MR) is 94.9 cm³/mol. The molecule has 1 N–H and O–H groups in total. The van der Waals surface area contributed by atoms with Gasteiger partial charge in [-0.2, -0.15) is 15.0 Å². The van der Waals surface area contributed by atoms with E-state index in [2.05, 4.69) is 19.8 Å². The molecule has 132 valence electrons. The summed E-state index contributed by atoms with van der Waals surface area (Å²) in [5.74, 6) is 0.551. The van der Waals surface area contributed by atoms with E-state index in [4.69, 9.17) is 10.1 Å². The van der Waals surface area contributed by atoms with Gasteiger partial charge in [-0.05, 0) is 45.4 Å². The zero-order valence-corrected chi connectivity index (χ0v) is 15.0. The SMILES string of the molecule is CC(Sc1nc(N2CCCCC2)nc(N2CCCCC2)n1)C(=O)O. The number of rotatable bonds is 5. The standard InChI is InChI=1S/C16H25N5O2S/c1-12(13(22)23)24-16-18-14(20-8-4-2-5-9-20)17-15(19-16)21-10-6-3-7-11-21/h12H,2-11H2,1H3,(H,22,23). The lowest BCUT2D eigenvalue weighted by Gasteiger charge is -2.30. The fourth-order valence-electron chi connectivity index (χ4n) is 3.07. The summed E-state index contributed by atoms with van der Waals surface area (Å²) in [4.78, 5) is 29.4. The lowest BCUT2D eigenvalue weighted by molar-refractivity contribution is -0.136. The van der Waals surface area contributed by atoms with E-state index in [1.165, 1.54) is 24.6 Å². The minimum absolute atomic E-state index is 0.515. The first-order valence-electron chi connectivity index (χ1n) is 8.79. The van der Waals surface area contributed by atoms with Crippen LogP contribution in [0.4, 0.5) is 11.9 Å². The molecule has 1 aromatic rings. The molecule has 0 aliphatic carbocycles. The molecule has 2 fully saturated rings. The van der Waals surface area contributed by atoms with Crippen molar-refractivity contribution in [2.24, 2.45) is 0 Å². The van der Waals surface area contributed by atoms with E-state index < -0.39 is 11.2 Å². The van der Waals surface area contributed by atoms with Crippen molar-refractivity contribution in [3.63, 3.8) is 0 Å². The lowest BCUT2D eigenvalue weighted by Crippen LogP contribution is -2.34. The number of nitrogens with zero attached hydrogens (tertiary/aromatic N) is 5. The van der Waals surface area contributed by atoms with Gasteiger partial charge in [0.05, 0.1) is 0 Å². The number of hydrogen-bond acceptors (Lipinski definition) is 7. The van der Waals surface area contributed by atoms with Crippen molar-refractivity contribution < 1.29 is 9.90 Å². The van der Waals surface area contributed by atoms with Crippen molar-refractivity contribution in [2.75, 3.05) is 36.0 Å². The van der Waals surface area contributed by atoms with Gasteiger partial charge in [-0.3, -0.25) is 4.79 Å². The van der Waals surface area contributed by atoms with Crippen LogP contribution in [-0.2, 0) is 4.79 Å². The molecule has 0 spiro atoms. The minimum Gasteiger partial charge on any atom is -0.480 e. The van der Waals surface area contributed by atoms with Crippen LogP contribution in [0.5, 0.6) is 0 Å². The Kier molecular flexibility index (Phi) is 5.76. The first-order valence-corrected chi connectivity index (χ1v) is 9.67. The molecule has 0 amide bonds. The van der Waals surface area contributed by atoms with Crippen molar-refractivity contribution >= 4 is 29.6 Å². The summed E-state index contributed by atoms with van der Waals surface area (Å²) in [6.07, 6.45) is 7.10. The second kappa shape index (κ2) is 8.00. The topological polar surface area (TPSA) is 82.5 Å². The highest BCUT2D eigenvalue weighted by molar-refractivity contribution is 8.00. The Morgan fingerprint density at radius 3 is 1.79 bits per heavy atom. The van der Waals surface area contributed by atoms with Gasteiger partial charge in [0.15, 0.2) is 5.16 Å². The first kappa shape index (κ1) is 17.3. The summed E-state index contributed by atoms with van der Waals surface area (Å²) >= 11 is 1.19. The van der Waals surface area contributed by atoms with E-state index >= 15 is 0 Å². The number of carboxylic acids is 1. The molecule has 24 heavy (non-hydrogen) atoms. The molecule has 3 heterocycles. The van der Waals surface area contributed by atoms with Crippen molar-refractivity contribution in [3.05, 3.63) is 0 Å². The highest BCUT2D eigenvalue weighted by Gasteiger charge is 2.22. The summed E-state index contributed by atoms with van der Waals surface area (Å²) in [5.41, 5.74) is 0. The molecule has 2 saturated heterocycles.